The van der Waals surface area contributed by atoms with Crippen molar-refractivity contribution in [1.82, 2.24) is 9.88 Å². The summed E-state index contributed by atoms with van der Waals surface area (Å²) in [6, 6.07) is 4.73. The molecule has 0 unspecified atom stereocenters. The molecule has 0 aliphatic carbocycles. The molecule has 0 saturated heterocycles. The first-order chi connectivity index (χ1) is 6.65. The van der Waals surface area contributed by atoms with Gasteiger partial charge >= 0.3 is 0 Å². The van der Waals surface area contributed by atoms with E-state index in [0.29, 0.717) is 0 Å². The van der Waals surface area contributed by atoms with E-state index in [4.69, 9.17) is 0 Å². The topological polar surface area (TPSA) is 16.1 Å². The summed E-state index contributed by atoms with van der Waals surface area (Å²) in [6.07, 6.45) is 0. The van der Waals surface area contributed by atoms with Crippen LogP contribution < -0.4 is 0 Å². The second kappa shape index (κ2) is 3.63. The number of thiazole rings is 1. The Bertz CT molecular complexity index is 450. The zero-order valence-electron chi connectivity index (χ0n) is 8.12. The zero-order chi connectivity index (χ0) is 10.1. The molecule has 2 rings (SSSR count). The lowest BCUT2D eigenvalue weighted by molar-refractivity contribution is 0.402. The minimum atomic E-state index is -0.223. The zero-order valence-corrected chi connectivity index (χ0v) is 8.94. The van der Waals surface area contributed by atoms with Crippen molar-refractivity contribution in [2.45, 2.75) is 6.54 Å². The summed E-state index contributed by atoms with van der Waals surface area (Å²) in [5.41, 5.74) is 0.756. The van der Waals surface area contributed by atoms with Crippen LogP contribution in [0.4, 0.5) is 4.39 Å². The Kier molecular flexibility index (Phi) is 2.48. The highest BCUT2D eigenvalue weighted by atomic mass is 32.1. The molecule has 4 heteroatoms. The molecule has 1 aromatic heterocycles. The lowest BCUT2D eigenvalue weighted by Crippen LogP contribution is -2.09. The molecule has 0 radical (unpaired) electrons. The lowest BCUT2D eigenvalue weighted by atomic mass is 10.3. The predicted octanol–water partition coefficient (Wildman–Crippen LogP) is 2.50. The summed E-state index contributed by atoms with van der Waals surface area (Å²) in [4.78, 5) is 6.40. The monoisotopic (exact) mass is 210 g/mol. The normalized spacial score (nSPS) is 11.4. The average Bonchev–Trinajstić information content (AvgIpc) is 2.44. The molecule has 0 N–H and O–H groups in total. The third kappa shape index (κ3) is 1.91. The molecule has 0 aliphatic rings. The van der Waals surface area contributed by atoms with E-state index in [1.54, 1.807) is 17.4 Å². The van der Waals surface area contributed by atoms with Gasteiger partial charge in [-0.1, -0.05) is 0 Å². The van der Waals surface area contributed by atoms with Gasteiger partial charge in [0.05, 0.1) is 10.2 Å². The Balaban J connectivity index is 2.41. The molecular formula is C10H11FN2S. The van der Waals surface area contributed by atoms with Crippen LogP contribution in [0.2, 0.25) is 0 Å². The van der Waals surface area contributed by atoms with E-state index < -0.39 is 0 Å². The summed E-state index contributed by atoms with van der Waals surface area (Å²) in [5.74, 6) is -0.223. The van der Waals surface area contributed by atoms with Crippen molar-refractivity contribution in [1.29, 1.82) is 0 Å². The molecule has 2 aromatic rings. The Labute approximate surface area is 86.0 Å². The van der Waals surface area contributed by atoms with Crippen LogP contribution in [0.1, 0.15) is 5.01 Å². The van der Waals surface area contributed by atoms with Crippen molar-refractivity contribution in [2.75, 3.05) is 14.1 Å². The number of halogens is 1. The van der Waals surface area contributed by atoms with Gasteiger partial charge in [0, 0.05) is 12.6 Å². The quantitative estimate of drug-likeness (QED) is 0.757. The standard InChI is InChI=1S/C10H11FN2S/c1-13(2)6-10-12-8-5-7(11)3-4-9(8)14-10/h3-5H,6H2,1-2H3. The number of hydrogen-bond donors (Lipinski definition) is 0. The van der Waals surface area contributed by atoms with Gasteiger partial charge in [-0.25, -0.2) is 9.37 Å². The summed E-state index contributed by atoms with van der Waals surface area (Å²) < 4.78 is 13.9. The summed E-state index contributed by atoms with van der Waals surface area (Å²) in [5, 5.41) is 1.02. The van der Waals surface area contributed by atoms with E-state index >= 15 is 0 Å². The van der Waals surface area contributed by atoms with E-state index in [0.717, 1.165) is 21.8 Å². The molecule has 2 nitrogen and oxygen atoms in total. The van der Waals surface area contributed by atoms with E-state index in [9.17, 15) is 4.39 Å². The Morgan fingerprint density at radius 3 is 2.93 bits per heavy atom. The van der Waals surface area contributed by atoms with Crippen LogP contribution in [0, 0.1) is 5.82 Å². The van der Waals surface area contributed by atoms with Crippen molar-refractivity contribution in [3.63, 3.8) is 0 Å². The van der Waals surface area contributed by atoms with E-state index in [2.05, 4.69) is 4.98 Å². The second-order valence-electron chi connectivity index (χ2n) is 3.46. The van der Waals surface area contributed by atoms with Gasteiger partial charge in [-0.15, -0.1) is 11.3 Å². The molecule has 0 saturated carbocycles. The average molecular weight is 210 g/mol. The maximum atomic E-state index is 12.9. The van der Waals surface area contributed by atoms with Crippen LogP contribution in [-0.4, -0.2) is 24.0 Å². The highest BCUT2D eigenvalue weighted by Crippen LogP contribution is 2.23. The summed E-state index contributed by atoms with van der Waals surface area (Å²) in [7, 11) is 3.99. The molecule has 0 bridgehead atoms. The smallest absolute Gasteiger partial charge is 0.125 e. The van der Waals surface area contributed by atoms with Crippen molar-refractivity contribution >= 4 is 21.6 Å². The predicted molar refractivity (Wildman–Crippen MR) is 57.0 cm³/mol. The van der Waals surface area contributed by atoms with Gasteiger partial charge in [-0.3, -0.25) is 0 Å². The van der Waals surface area contributed by atoms with Crippen molar-refractivity contribution in [3.8, 4) is 0 Å². The van der Waals surface area contributed by atoms with Crippen LogP contribution in [0.25, 0.3) is 10.2 Å². The third-order valence-electron chi connectivity index (χ3n) is 1.85. The number of rotatable bonds is 2. The molecule has 0 atom stereocenters. The molecule has 0 aliphatic heterocycles. The largest absolute Gasteiger partial charge is 0.303 e. The van der Waals surface area contributed by atoms with Gasteiger partial charge in [0.2, 0.25) is 0 Å². The summed E-state index contributed by atoms with van der Waals surface area (Å²) >= 11 is 1.61. The van der Waals surface area contributed by atoms with E-state index in [-0.39, 0.29) is 5.82 Å². The molecule has 0 amide bonds. The highest BCUT2D eigenvalue weighted by molar-refractivity contribution is 7.18. The molecule has 1 aromatic carbocycles. The van der Waals surface area contributed by atoms with E-state index in [1.807, 2.05) is 19.0 Å². The van der Waals surface area contributed by atoms with Gasteiger partial charge in [0.15, 0.2) is 0 Å². The molecule has 0 fully saturated rings. The minimum Gasteiger partial charge on any atom is -0.303 e. The fourth-order valence-corrected chi connectivity index (χ4v) is 2.35. The van der Waals surface area contributed by atoms with Crippen LogP contribution in [-0.2, 0) is 6.54 Å². The van der Waals surface area contributed by atoms with Crippen molar-refractivity contribution in [2.24, 2.45) is 0 Å². The van der Waals surface area contributed by atoms with Crippen LogP contribution in [0.15, 0.2) is 18.2 Å². The first kappa shape index (κ1) is 9.55. The molecule has 14 heavy (non-hydrogen) atoms. The molecule has 1 heterocycles. The number of fused-ring (bicyclic) bond motifs is 1. The Morgan fingerprint density at radius 2 is 2.21 bits per heavy atom. The Hall–Kier alpha value is -1.00. The molecule has 0 spiro atoms. The number of nitrogens with zero attached hydrogens (tertiary/aromatic N) is 2. The highest BCUT2D eigenvalue weighted by Gasteiger charge is 2.05. The number of aromatic nitrogens is 1. The first-order valence-electron chi connectivity index (χ1n) is 4.35. The first-order valence-corrected chi connectivity index (χ1v) is 5.16. The second-order valence-corrected chi connectivity index (χ2v) is 4.57. The van der Waals surface area contributed by atoms with E-state index in [1.165, 1.54) is 12.1 Å². The van der Waals surface area contributed by atoms with Gasteiger partial charge < -0.3 is 4.90 Å². The maximum absolute atomic E-state index is 12.9. The van der Waals surface area contributed by atoms with Crippen molar-refractivity contribution in [3.05, 3.63) is 29.0 Å². The van der Waals surface area contributed by atoms with Gasteiger partial charge in [0.25, 0.3) is 0 Å². The molecule has 74 valence electrons. The maximum Gasteiger partial charge on any atom is 0.125 e. The van der Waals surface area contributed by atoms with Gasteiger partial charge in [-0.05, 0) is 26.2 Å². The molecular weight excluding hydrogens is 199 g/mol. The minimum absolute atomic E-state index is 0.223. The van der Waals surface area contributed by atoms with Crippen LogP contribution in [0.5, 0.6) is 0 Å². The summed E-state index contributed by atoms with van der Waals surface area (Å²) in [6.45, 7) is 0.807. The Morgan fingerprint density at radius 1 is 1.43 bits per heavy atom. The fourth-order valence-electron chi connectivity index (χ4n) is 1.29. The number of hydrogen-bond acceptors (Lipinski definition) is 3. The third-order valence-corrected chi connectivity index (χ3v) is 2.87. The van der Waals surface area contributed by atoms with Crippen molar-refractivity contribution < 1.29 is 4.39 Å². The van der Waals surface area contributed by atoms with Gasteiger partial charge in [-0.2, -0.15) is 0 Å². The van der Waals surface area contributed by atoms with Gasteiger partial charge in [0.1, 0.15) is 10.8 Å². The van der Waals surface area contributed by atoms with Crippen LogP contribution >= 0.6 is 11.3 Å². The number of benzene rings is 1. The SMILES string of the molecule is CN(C)Cc1nc2cc(F)ccc2s1. The lowest BCUT2D eigenvalue weighted by Gasteiger charge is -2.04. The fraction of sp³-hybridized carbons (Fsp3) is 0.300. The van der Waals surface area contributed by atoms with Crippen LogP contribution in [0.3, 0.4) is 0 Å².